The molecule has 0 bridgehead atoms. The van der Waals surface area contributed by atoms with Gasteiger partial charge in [-0.3, -0.25) is 4.79 Å². The van der Waals surface area contributed by atoms with Crippen molar-refractivity contribution < 1.29 is 4.79 Å². The highest BCUT2D eigenvalue weighted by Gasteiger charge is 2.37. The van der Waals surface area contributed by atoms with E-state index in [9.17, 15) is 4.79 Å². The van der Waals surface area contributed by atoms with Crippen molar-refractivity contribution in [2.45, 2.75) is 65.5 Å². The Kier molecular flexibility index (Phi) is 4.78. The fourth-order valence-electron chi connectivity index (χ4n) is 2.44. The lowest BCUT2D eigenvalue weighted by atomic mass is 9.77. The molecule has 1 atom stereocenters. The first-order valence-corrected chi connectivity index (χ1v) is 6.55. The molecule has 0 aliphatic carbocycles. The van der Waals surface area contributed by atoms with Gasteiger partial charge in [-0.05, 0) is 37.6 Å². The molecule has 1 fully saturated rings. The van der Waals surface area contributed by atoms with Crippen LogP contribution in [0.3, 0.4) is 0 Å². The van der Waals surface area contributed by atoms with Crippen LogP contribution in [0.15, 0.2) is 0 Å². The van der Waals surface area contributed by atoms with Crippen molar-refractivity contribution in [3.05, 3.63) is 0 Å². The van der Waals surface area contributed by atoms with E-state index in [0.29, 0.717) is 6.04 Å². The van der Waals surface area contributed by atoms with E-state index in [0.717, 1.165) is 25.8 Å². The molecule has 1 rings (SSSR count). The summed E-state index contributed by atoms with van der Waals surface area (Å²) in [5.41, 5.74) is 0.0777. The second-order valence-corrected chi connectivity index (χ2v) is 5.50. The number of carbonyl (C=O) groups excluding carboxylic acids is 1. The van der Waals surface area contributed by atoms with Crippen molar-refractivity contribution >= 4 is 5.91 Å². The summed E-state index contributed by atoms with van der Waals surface area (Å²) in [6, 6.07) is 0.300. The molecule has 0 aromatic heterocycles. The predicted octanol–water partition coefficient (Wildman–Crippen LogP) is 2.07. The lowest BCUT2D eigenvalue weighted by Crippen LogP contribution is -2.57. The largest absolute Gasteiger partial charge is 0.352 e. The molecule has 1 heterocycles. The maximum absolute atomic E-state index is 12.2. The third kappa shape index (κ3) is 3.21. The smallest absolute Gasteiger partial charge is 0.237 e. The first kappa shape index (κ1) is 13.5. The Hall–Kier alpha value is -0.570. The lowest BCUT2D eigenvalue weighted by molar-refractivity contribution is -0.127. The van der Waals surface area contributed by atoms with Crippen molar-refractivity contribution in [2.75, 3.05) is 6.54 Å². The maximum Gasteiger partial charge on any atom is 0.237 e. The Morgan fingerprint density at radius 2 is 2.06 bits per heavy atom. The van der Waals surface area contributed by atoms with E-state index in [2.05, 4.69) is 38.3 Å². The topological polar surface area (TPSA) is 41.1 Å². The molecule has 1 amide bonds. The summed E-state index contributed by atoms with van der Waals surface area (Å²) < 4.78 is 0. The molecule has 0 aromatic carbocycles. The quantitative estimate of drug-likeness (QED) is 0.770. The van der Waals surface area contributed by atoms with E-state index >= 15 is 0 Å². The molecule has 2 N–H and O–H groups in total. The van der Waals surface area contributed by atoms with Gasteiger partial charge in [-0.1, -0.05) is 27.7 Å². The van der Waals surface area contributed by atoms with E-state index in [1.54, 1.807) is 0 Å². The van der Waals surface area contributed by atoms with Crippen LogP contribution in [0.5, 0.6) is 0 Å². The van der Waals surface area contributed by atoms with E-state index in [-0.39, 0.29) is 17.4 Å². The molecule has 16 heavy (non-hydrogen) atoms. The number of rotatable bonds is 4. The van der Waals surface area contributed by atoms with Crippen molar-refractivity contribution in [3.63, 3.8) is 0 Å². The van der Waals surface area contributed by atoms with Gasteiger partial charge in [0.2, 0.25) is 5.91 Å². The Balaban J connectivity index is 2.58. The fraction of sp³-hybridized carbons (Fsp3) is 0.923. The van der Waals surface area contributed by atoms with Gasteiger partial charge < -0.3 is 10.6 Å². The normalized spacial score (nSPS) is 24.4. The van der Waals surface area contributed by atoms with E-state index < -0.39 is 0 Å². The molecule has 0 radical (unpaired) electrons. The number of piperidine rings is 1. The number of hydrogen-bond donors (Lipinski definition) is 2. The summed E-state index contributed by atoms with van der Waals surface area (Å²) in [5.74, 6) is 0.179. The van der Waals surface area contributed by atoms with Crippen molar-refractivity contribution in [2.24, 2.45) is 5.41 Å². The standard InChI is InChI=1S/C13H26N2O/c1-5-10(6-2)15-12(16)11-13(3,4)8-7-9-14-11/h10-11,14H,5-9H2,1-4H3,(H,15,16). The minimum Gasteiger partial charge on any atom is -0.352 e. The van der Waals surface area contributed by atoms with Gasteiger partial charge in [-0.25, -0.2) is 0 Å². The second kappa shape index (κ2) is 5.67. The molecule has 1 aliphatic heterocycles. The molecule has 0 saturated carbocycles. The highest BCUT2D eigenvalue weighted by atomic mass is 16.2. The first-order chi connectivity index (χ1) is 7.51. The number of hydrogen-bond acceptors (Lipinski definition) is 2. The van der Waals surface area contributed by atoms with Crippen molar-refractivity contribution in [1.29, 1.82) is 0 Å². The van der Waals surface area contributed by atoms with Gasteiger partial charge in [0.1, 0.15) is 0 Å². The number of amides is 1. The van der Waals surface area contributed by atoms with Gasteiger partial charge in [0.25, 0.3) is 0 Å². The molecule has 0 aromatic rings. The SMILES string of the molecule is CCC(CC)NC(=O)C1NCCCC1(C)C. The Morgan fingerprint density at radius 1 is 1.44 bits per heavy atom. The molecular weight excluding hydrogens is 200 g/mol. The Morgan fingerprint density at radius 3 is 2.56 bits per heavy atom. The Labute approximate surface area is 99.4 Å². The molecule has 1 unspecified atom stereocenters. The van der Waals surface area contributed by atoms with Crippen LogP contribution in [0.25, 0.3) is 0 Å². The highest BCUT2D eigenvalue weighted by Crippen LogP contribution is 2.30. The molecule has 3 nitrogen and oxygen atoms in total. The van der Waals surface area contributed by atoms with Gasteiger partial charge >= 0.3 is 0 Å². The summed E-state index contributed by atoms with van der Waals surface area (Å²) in [6.45, 7) is 9.55. The minimum absolute atomic E-state index is 0.0261. The van der Waals surface area contributed by atoms with Crippen molar-refractivity contribution in [1.82, 2.24) is 10.6 Å². The van der Waals surface area contributed by atoms with E-state index in [1.165, 1.54) is 6.42 Å². The summed E-state index contributed by atoms with van der Waals surface area (Å²) in [6.07, 6.45) is 4.31. The third-order valence-corrected chi connectivity index (χ3v) is 3.72. The molecular formula is C13H26N2O. The second-order valence-electron chi connectivity index (χ2n) is 5.50. The Bertz CT molecular complexity index is 234. The third-order valence-electron chi connectivity index (χ3n) is 3.72. The zero-order chi connectivity index (χ0) is 12.2. The van der Waals surface area contributed by atoms with Gasteiger partial charge in [0, 0.05) is 6.04 Å². The zero-order valence-electron chi connectivity index (χ0n) is 11.1. The molecule has 1 aliphatic rings. The molecule has 0 spiro atoms. The van der Waals surface area contributed by atoms with Crippen LogP contribution >= 0.6 is 0 Å². The van der Waals surface area contributed by atoms with Crippen molar-refractivity contribution in [3.8, 4) is 0 Å². The van der Waals surface area contributed by atoms with Gasteiger partial charge in [0.15, 0.2) is 0 Å². The van der Waals surface area contributed by atoms with Crippen LogP contribution in [-0.4, -0.2) is 24.5 Å². The number of nitrogens with one attached hydrogen (secondary N) is 2. The van der Waals surface area contributed by atoms with Gasteiger partial charge in [-0.2, -0.15) is 0 Å². The van der Waals surface area contributed by atoms with Crippen LogP contribution in [0.4, 0.5) is 0 Å². The van der Waals surface area contributed by atoms with Crippen LogP contribution < -0.4 is 10.6 Å². The van der Waals surface area contributed by atoms with Crippen LogP contribution in [0.2, 0.25) is 0 Å². The monoisotopic (exact) mass is 226 g/mol. The van der Waals surface area contributed by atoms with E-state index in [1.807, 2.05) is 0 Å². The summed E-state index contributed by atoms with van der Waals surface area (Å²) in [4.78, 5) is 12.2. The van der Waals surface area contributed by atoms with Gasteiger partial charge in [-0.15, -0.1) is 0 Å². The van der Waals surface area contributed by atoms with Gasteiger partial charge in [0.05, 0.1) is 6.04 Å². The highest BCUT2D eigenvalue weighted by molar-refractivity contribution is 5.83. The average molecular weight is 226 g/mol. The van der Waals surface area contributed by atoms with Crippen LogP contribution in [0.1, 0.15) is 53.4 Å². The average Bonchev–Trinajstić information content (AvgIpc) is 2.24. The molecule has 3 heteroatoms. The summed E-state index contributed by atoms with van der Waals surface area (Å²) >= 11 is 0. The maximum atomic E-state index is 12.2. The minimum atomic E-state index is -0.0261. The van der Waals surface area contributed by atoms with Crippen LogP contribution in [0, 0.1) is 5.41 Å². The summed E-state index contributed by atoms with van der Waals surface area (Å²) in [5, 5.41) is 6.49. The molecule has 94 valence electrons. The summed E-state index contributed by atoms with van der Waals surface area (Å²) in [7, 11) is 0. The molecule has 1 saturated heterocycles. The predicted molar refractivity (Wildman–Crippen MR) is 67.3 cm³/mol. The zero-order valence-corrected chi connectivity index (χ0v) is 11.1. The van der Waals surface area contributed by atoms with E-state index in [4.69, 9.17) is 0 Å². The first-order valence-electron chi connectivity index (χ1n) is 6.55. The number of carbonyl (C=O) groups is 1. The lowest BCUT2D eigenvalue weighted by Gasteiger charge is -2.38. The fourth-order valence-corrected chi connectivity index (χ4v) is 2.44. The van der Waals surface area contributed by atoms with Crippen LogP contribution in [-0.2, 0) is 4.79 Å².